The van der Waals surface area contributed by atoms with Crippen LogP contribution in [-0.2, 0) is 10.2 Å². The number of nitrogens with zero attached hydrogens (tertiary/aromatic N) is 1. The highest BCUT2D eigenvalue weighted by atomic mass is 35.5. The van der Waals surface area contributed by atoms with Crippen molar-refractivity contribution in [1.29, 1.82) is 0 Å². The average molecular weight is 453 g/mol. The molecule has 4 rings (SSSR count). The third kappa shape index (κ3) is 5.91. The molecule has 0 aromatic heterocycles. The summed E-state index contributed by atoms with van der Waals surface area (Å²) in [6.07, 6.45) is 7.46. The van der Waals surface area contributed by atoms with Crippen LogP contribution in [-0.4, -0.2) is 54.2 Å². The number of methoxy groups -OCH3 is 1. The molecule has 31 heavy (non-hydrogen) atoms. The highest BCUT2D eigenvalue weighted by Crippen LogP contribution is 2.54. The van der Waals surface area contributed by atoms with Gasteiger partial charge in [0.05, 0.1) is 11.5 Å². The van der Waals surface area contributed by atoms with Gasteiger partial charge in [0.15, 0.2) is 5.96 Å². The number of rotatable bonds is 9. The molecule has 2 bridgehead atoms. The largest absolute Gasteiger partial charge is 0.475 e. The second kappa shape index (κ2) is 10.7. The fourth-order valence-electron chi connectivity index (χ4n) is 4.93. The van der Waals surface area contributed by atoms with E-state index in [0.29, 0.717) is 24.9 Å². The predicted octanol–water partition coefficient (Wildman–Crippen LogP) is 1.26. The highest BCUT2D eigenvalue weighted by molar-refractivity contribution is 6.43. The summed E-state index contributed by atoms with van der Waals surface area (Å²) < 4.78 is 5.79. The third-order valence-electron chi connectivity index (χ3n) is 7.01. The van der Waals surface area contributed by atoms with E-state index in [1.165, 1.54) is 5.56 Å². The molecule has 10 heteroatoms. The molecule has 1 aromatic carbocycles. The zero-order valence-electron chi connectivity index (χ0n) is 18.0. The number of ether oxygens (including phenoxy) is 1. The van der Waals surface area contributed by atoms with Crippen LogP contribution in [0.25, 0.3) is 0 Å². The number of nitrogens with two attached hydrogens (primary N) is 2. The third-order valence-corrected chi connectivity index (χ3v) is 7.01. The van der Waals surface area contributed by atoms with Crippen molar-refractivity contribution < 1.29 is 19.6 Å². The SMILES string of the molecule is COC12CCC(c3ccc(C(=O)N[C@@H](CCCN=C(N)N)B(O)O)cc3)(CC1)CC2.Cl. The van der Waals surface area contributed by atoms with E-state index in [1.807, 2.05) is 31.4 Å². The number of aliphatic imine (C=N–C) groups is 1. The van der Waals surface area contributed by atoms with E-state index in [2.05, 4.69) is 10.3 Å². The van der Waals surface area contributed by atoms with Crippen LogP contribution in [0.2, 0.25) is 0 Å². The fourth-order valence-corrected chi connectivity index (χ4v) is 4.93. The maximum absolute atomic E-state index is 12.6. The Morgan fingerprint density at radius 3 is 2.23 bits per heavy atom. The molecule has 1 atom stereocenters. The zero-order valence-corrected chi connectivity index (χ0v) is 18.9. The Hall–Kier alpha value is -1.81. The van der Waals surface area contributed by atoms with Gasteiger partial charge < -0.3 is 31.6 Å². The van der Waals surface area contributed by atoms with E-state index < -0.39 is 13.1 Å². The summed E-state index contributed by atoms with van der Waals surface area (Å²) in [5, 5.41) is 21.9. The number of fused-ring (bicyclic) bond motifs is 3. The first-order valence-electron chi connectivity index (χ1n) is 10.7. The number of amides is 1. The average Bonchev–Trinajstić information content (AvgIpc) is 2.76. The van der Waals surface area contributed by atoms with Crippen molar-refractivity contribution in [3.63, 3.8) is 0 Å². The second-order valence-electron chi connectivity index (χ2n) is 8.69. The number of benzene rings is 1. The van der Waals surface area contributed by atoms with Gasteiger partial charge in [-0.2, -0.15) is 0 Å². The number of hydrogen-bond donors (Lipinski definition) is 5. The van der Waals surface area contributed by atoms with Crippen LogP contribution in [0.4, 0.5) is 0 Å². The highest BCUT2D eigenvalue weighted by Gasteiger charge is 2.49. The van der Waals surface area contributed by atoms with Gasteiger partial charge in [0.25, 0.3) is 5.91 Å². The summed E-state index contributed by atoms with van der Waals surface area (Å²) in [4.78, 5) is 16.5. The molecule has 0 radical (unpaired) electrons. The lowest BCUT2D eigenvalue weighted by molar-refractivity contribution is -0.0955. The molecule has 1 amide bonds. The van der Waals surface area contributed by atoms with Crippen LogP contribution in [0.3, 0.4) is 0 Å². The van der Waals surface area contributed by atoms with Crippen LogP contribution < -0.4 is 16.8 Å². The van der Waals surface area contributed by atoms with Crippen LogP contribution in [0.1, 0.15) is 67.3 Å². The van der Waals surface area contributed by atoms with Crippen LogP contribution >= 0.6 is 12.4 Å². The smallest absolute Gasteiger partial charge is 0.426 e. The molecular weight excluding hydrogens is 419 g/mol. The molecule has 3 aliphatic rings. The lowest BCUT2D eigenvalue weighted by Crippen LogP contribution is -2.49. The summed E-state index contributed by atoms with van der Waals surface area (Å²) in [5.74, 6) is -1.13. The van der Waals surface area contributed by atoms with E-state index >= 15 is 0 Å². The molecule has 3 aliphatic carbocycles. The number of nitrogens with one attached hydrogen (secondary N) is 1. The van der Waals surface area contributed by atoms with Crippen LogP contribution in [0.15, 0.2) is 29.3 Å². The molecule has 0 unspecified atom stereocenters. The first-order valence-corrected chi connectivity index (χ1v) is 10.7. The molecule has 3 fully saturated rings. The Morgan fingerprint density at radius 1 is 1.16 bits per heavy atom. The standard InChI is InChI=1S/C21H33BN4O4.ClH/c1-30-21-11-8-20(9-12-21,10-13-21)16-6-4-15(5-7-16)18(27)26-17(22(28)29)3-2-14-25-19(23)24;/h4-7,17,28-29H,2-3,8-14H2,1H3,(H,26,27)(H4,23,24,25);1H/t17-,20?,21?;/m0./s1. The Balaban J connectivity index is 0.00000341. The van der Waals surface area contributed by atoms with E-state index in [-0.39, 0.29) is 35.3 Å². The van der Waals surface area contributed by atoms with E-state index in [4.69, 9.17) is 16.2 Å². The van der Waals surface area contributed by atoms with Crippen molar-refractivity contribution in [3.05, 3.63) is 35.4 Å². The number of guanidine groups is 1. The first kappa shape index (κ1) is 25.5. The summed E-state index contributed by atoms with van der Waals surface area (Å²) in [7, 11) is 0.167. The van der Waals surface area contributed by atoms with Crippen molar-refractivity contribution in [2.45, 2.75) is 68.3 Å². The van der Waals surface area contributed by atoms with Crippen molar-refractivity contribution >= 4 is 31.4 Å². The van der Waals surface area contributed by atoms with Crippen LogP contribution in [0, 0.1) is 0 Å². The van der Waals surface area contributed by atoms with Crippen molar-refractivity contribution in [2.75, 3.05) is 13.7 Å². The predicted molar refractivity (Wildman–Crippen MR) is 124 cm³/mol. The second-order valence-corrected chi connectivity index (χ2v) is 8.69. The topological polar surface area (TPSA) is 143 Å². The monoisotopic (exact) mass is 452 g/mol. The van der Waals surface area contributed by atoms with Gasteiger partial charge in [-0.15, -0.1) is 12.4 Å². The van der Waals surface area contributed by atoms with Gasteiger partial charge in [-0.05, 0) is 74.5 Å². The summed E-state index contributed by atoms with van der Waals surface area (Å²) >= 11 is 0. The van der Waals surface area contributed by atoms with E-state index in [1.54, 1.807) is 0 Å². The Labute approximate surface area is 190 Å². The lowest BCUT2D eigenvalue weighted by atomic mass is 9.56. The molecular formula is C21H34BClN4O4. The fraction of sp³-hybridized carbons (Fsp3) is 0.619. The molecule has 1 aromatic rings. The van der Waals surface area contributed by atoms with E-state index in [9.17, 15) is 14.8 Å². The Kier molecular flexibility index (Phi) is 8.77. The quantitative estimate of drug-likeness (QED) is 0.165. The molecule has 0 heterocycles. The summed E-state index contributed by atoms with van der Waals surface area (Å²) in [6.45, 7) is 0.364. The molecule has 0 saturated heterocycles. The molecule has 0 spiro atoms. The van der Waals surface area contributed by atoms with Gasteiger partial charge in [0, 0.05) is 19.2 Å². The van der Waals surface area contributed by atoms with Gasteiger partial charge in [0.2, 0.25) is 0 Å². The maximum atomic E-state index is 12.6. The van der Waals surface area contributed by atoms with Gasteiger partial charge in [-0.25, -0.2) is 0 Å². The van der Waals surface area contributed by atoms with Gasteiger partial charge >= 0.3 is 7.12 Å². The van der Waals surface area contributed by atoms with Crippen LogP contribution in [0.5, 0.6) is 0 Å². The minimum Gasteiger partial charge on any atom is -0.426 e. The zero-order chi connectivity index (χ0) is 21.8. The van der Waals surface area contributed by atoms with E-state index in [0.717, 1.165) is 38.5 Å². The number of halogens is 1. The number of hydrogen-bond acceptors (Lipinski definition) is 5. The summed E-state index contributed by atoms with van der Waals surface area (Å²) in [6, 6.07) is 7.74. The van der Waals surface area contributed by atoms with Gasteiger partial charge in [0.1, 0.15) is 0 Å². The normalized spacial score (nSPS) is 25.3. The van der Waals surface area contributed by atoms with Crippen molar-refractivity contribution in [3.8, 4) is 0 Å². The van der Waals surface area contributed by atoms with Gasteiger partial charge in [-0.3, -0.25) is 9.79 Å². The number of carbonyl (C=O) groups is 1. The van der Waals surface area contributed by atoms with Gasteiger partial charge in [-0.1, -0.05) is 12.1 Å². The Morgan fingerprint density at radius 2 is 1.74 bits per heavy atom. The molecule has 7 N–H and O–H groups in total. The lowest BCUT2D eigenvalue weighted by Gasteiger charge is -2.53. The summed E-state index contributed by atoms with van der Waals surface area (Å²) in [5.41, 5.74) is 12.6. The molecule has 3 saturated carbocycles. The van der Waals surface area contributed by atoms with Crippen molar-refractivity contribution in [2.24, 2.45) is 16.5 Å². The molecule has 8 nitrogen and oxygen atoms in total. The number of carbonyl (C=O) groups excluding carboxylic acids is 1. The minimum absolute atomic E-state index is 0. The maximum Gasteiger partial charge on any atom is 0.475 e. The molecule has 0 aliphatic heterocycles. The minimum atomic E-state index is -1.66. The van der Waals surface area contributed by atoms with Crippen molar-refractivity contribution in [1.82, 2.24) is 5.32 Å². The molecule has 172 valence electrons. The first-order chi connectivity index (χ1) is 14.3. The Bertz CT molecular complexity index is 747.